The summed E-state index contributed by atoms with van der Waals surface area (Å²) in [6.07, 6.45) is 3.87. The number of anilines is 1. The zero-order chi connectivity index (χ0) is 31.6. The second kappa shape index (κ2) is 12.2. The van der Waals surface area contributed by atoms with Gasteiger partial charge in [-0.05, 0) is 38.0 Å². The van der Waals surface area contributed by atoms with Gasteiger partial charge in [0.1, 0.15) is 17.5 Å². The Morgan fingerprint density at radius 3 is 2.51 bits per heavy atom. The molecule has 1 aromatic heterocycles. The fraction of sp³-hybridized carbons (Fsp3) is 0.469. The van der Waals surface area contributed by atoms with Crippen molar-refractivity contribution in [2.75, 3.05) is 63.0 Å². The van der Waals surface area contributed by atoms with E-state index in [1.54, 1.807) is 15.5 Å². The van der Waals surface area contributed by atoms with Crippen molar-refractivity contribution in [3.05, 3.63) is 63.0 Å². The fourth-order valence-corrected chi connectivity index (χ4v) is 8.88. The molecule has 3 aromatic rings. The second-order valence-electron chi connectivity index (χ2n) is 12.4. The quantitative estimate of drug-likeness (QED) is 0.260. The number of hydrogen-bond acceptors (Lipinski definition) is 7. The number of rotatable bonds is 6. The lowest BCUT2D eigenvalue weighted by molar-refractivity contribution is -0.126. The van der Waals surface area contributed by atoms with E-state index < -0.39 is 11.6 Å². The summed E-state index contributed by atoms with van der Waals surface area (Å²) < 4.78 is 31.3. The SMILES string of the molecule is C=CC(=O)N1CCN(c2nc(=O)n3c4c(c(-c5cc(Cl)c(F)cc5F)c(Cl)cc24)SC[C@@H]3CN2CCN(C3CC3)CC2)[C@@H](C)C1. The fourth-order valence-electron chi connectivity index (χ4n) is 7.03. The molecule has 2 aromatic carbocycles. The number of carbonyl (C=O) groups excluding carboxylic acids is 1. The minimum absolute atomic E-state index is 0.0766. The van der Waals surface area contributed by atoms with Crippen molar-refractivity contribution in [2.24, 2.45) is 0 Å². The number of amides is 1. The van der Waals surface area contributed by atoms with Gasteiger partial charge in [0.2, 0.25) is 5.91 Å². The number of thioether (sulfide) groups is 1. The molecule has 0 N–H and O–H groups in total. The Balaban J connectivity index is 1.34. The molecule has 1 saturated carbocycles. The van der Waals surface area contributed by atoms with Gasteiger partial charge in [0.25, 0.3) is 0 Å². The highest BCUT2D eigenvalue weighted by atomic mass is 35.5. The van der Waals surface area contributed by atoms with E-state index in [0.29, 0.717) is 59.1 Å². The monoisotopic (exact) mass is 674 g/mol. The van der Waals surface area contributed by atoms with Gasteiger partial charge in [-0.1, -0.05) is 29.8 Å². The van der Waals surface area contributed by atoms with E-state index >= 15 is 4.39 Å². The van der Waals surface area contributed by atoms with Crippen LogP contribution in [-0.2, 0) is 4.79 Å². The Kier molecular flexibility index (Phi) is 8.35. The summed E-state index contributed by atoms with van der Waals surface area (Å²) in [5, 5.41) is 0.716. The number of benzene rings is 2. The number of carbonyl (C=O) groups is 1. The van der Waals surface area contributed by atoms with Crippen LogP contribution in [0.25, 0.3) is 22.0 Å². The van der Waals surface area contributed by atoms with Crippen molar-refractivity contribution < 1.29 is 13.6 Å². The van der Waals surface area contributed by atoms with Crippen molar-refractivity contribution in [3.63, 3.8) is 0 Å². The molecular formula is C32H34Cl2F2N6O2S. The molecule has 3 aliphatic heterocycles. The number of piperazine rings is 2. The van der Waals surface area contributed by atoms with Crippen LogP contribution >= 0.6 is 35.0 Å². The molecule has 238 valence electrons. The maximum absolute atomic E-state index is 15.3. The second-order valence-corrected chi connectivity index (χ2v) is 14.2. The predicted molar refractivity (Wildman–Crippen MR) is 176 cm³/mol. The van der Waals surface area contributed by atoms with Crippen LogP contribution < -0.4 is 10.6 Å². The molecule has 4 heterocycles. The third-order valence-corrected chi connectivity index (χ3v) is 11.3. The molecule has 1 aliphatic carbocycles. The van der Waals surface area contributed by atoms with E-state index in [1.807, 2.05) is 11.8 Å². The number of halogens is 4. The lowest BCUT2D eigenvalue weighted by atomic mass is 10.0. The molecule has 0 unspecified atom stereocenters. The van der Waals surface area contributed by atoms with Crippen LogP contribution in [0.5, 0.6) is 0 Å². The topological polar surface area (TPSA) is 64.9 Å². The minimum atomic E-state index is -0.857. The molecule has 4 aliphatic rings. The Labute approximate surface area is 274 Å². The van der Waals surface area contributed by atoms with E-state index in [0.717, 1.165) is 38.3 Å². The van der Waals surface area contributed by atoms with Gasteiger partial charge >= 0.3 is 5.69 Å². The standard InChI is InChI=1S/C32H34Cl2F2N6O2S/c1-3-27(43)40-10-11-41(18(2)15-40)31-22-13-24(34)28(21-12-23(33)26(36)14-25(21)35)30-29(22)42(32(44)37-31)20(17-45-30)16-38-6-8-39(9-7-38)19-4-5-19/h3,12-14,18-20H,1,4-11,15-17H2,2H3/t18-,20-/m0/s1. The van der Waals surface area contributed by atoms with Crippen molar-refractivity contribution in [1.82, 2.24) is 24.3 Å². The van der Waals surface area contributed by atoms with E-state index in [1.165, 1.54) is 36.7 Å². The van der Waals surface area contributed by atoms with Gasteiger partial charge in [-0.25, -0.2) is 13.6 Å². The molecule has 0 radical (unpaired) electrons. The molecule has 3 fully saturated rings. The Hall–Kier alpha value is -2.70. The summed E-state index contributed by atoms with van der Waals surface area (Å²) in [4.78, 5) is 40.4. The lowest BCUT2D eigenvalue weighted by Crippen LogP contribution is -2.54. The smallest absolute Gasteiger partial charge is 0.350 e. The number of aromatic nitrogens is 2. The molecule has 8 nitrogen and oxygen atoms in total. The molecule has 45 heavy (non-hydrogen) atoms. The maximum atomic E-state index is 15.3. The van der Waals surface area contributed by atoms with Crippen LogP contribution in [0.4, 0.5) is 14.6 Å². The van der Waals surface area contributed by atoms with Crippen molar-refractivity contribution >= 4 is 57.6 Å². The lowest BCUT2D eigenvalue weighted by Gasteiger charge is -2.41. The van der Waals surface area contributed by atoms with Gasteiger partial charge in [0, 0.05) is 97.7 Å². The molecule has 2 saturated heterocycles. The number of nitrogens with zero attached hydrogens (tertiary/aromatic N) is 6. The summed E-state index contributed by atoms with van der Waals surface area (Å²) in [6.45, 7) is 11.5. The van der Waals surface area contributed by atoms with E-state index in [2.05, 4.69) is 21.4 Å². The van der Waals surface area contributed by atoms with Gasteiger partial charge in [0.15, 0.2) is 0 Å². The van der Waals surface area contributed by atoms with Crippen molar-refractivity contribution in [3.8, 4) is 11.1 Å². The zero-order valence-electron chi connectivity index (χ0n) is 24.9. The maximum Gasteiger partial charge on any atom is 0.350 e. The Morgan fingerprint density at radius 1 is 1.07 bits per heavy atom. The third-order valence-electron chi connectivity index (χ3n) is 9.49. The van der Waals surface area contributed by atoms with Crippen molar-refractivity contribution in [1.29, 1.82) is 0 Å². The first kappa shape index (κ1) is 30.9. The third kappa shape index (κ3) is 5.65. The highest BCUT2D eigenvalue weighted by Gasteiger charge is 2.36. The first-order chi connectivity index (χ1) is 21.6. The molecule has 7 rings (SSSR count). The highest BCUT2D eigenvalue weighted by Crippen LogP contribution is 2.48. The van der Waals surface area contributed by atoms with Gasteiger partial charge in [-0.15, -0.1) is 11.8 Å². The summed E-state index contributed by atoms with van der Waals surface area (Å²) in [5.74, 6) is -0.739. The van der Waals surface area contributed by atoms with Gasteiger partial charge < -0.3 is 9.80 Å². The highest BCUT2D eigenvalue weighted by molar-refractivity contribution is 7.99. The summed E-state index contributed by atoms with van der Waals surface area (Å²) in [5.41, 5.74) is 0.708. The Morgan fingerprint density at radius 2 is 1.82 bits per heavy atom. The van der Waals surface area contributed by atoms with Crippen LogP contribution in [0, 0.1) is 11.6 Å². The first-order valence-corrected chi connectivity index (χ1v) is 17.1. The molecule has 0 bridgehead atoms. The summed E-state index contributed by atoms with van der Waals surface area (Å²) >= 11 is 14.6. The zero-order valence-corrected chi connectivity index (χ0v) is 27.3. The Bertz CT molecular complexity index is 1760. The molecule has 0 spiro atoms. The van der Waals surface area contributed by atoms with Crippen LogP contribution in [0.1, 0.15) is 25.8 Å². The predicted octanol–water partition coefficient (Wildman–Crippen LogP) is 5.30. The van der Waals surface area contributed by atoms with Gasteiger partial charge in [0.05, 0.1) is 21.6 Å². The van der Waals surface area contributed by atoms with Gasteiger partial charge in [-0.3, -0.25) is 19.2 Å². The van der Waals surface area contributed by atoms with Crippen LogP contribution in [0.15, 0.2) is 40.5 Å². The van der Waals surface area contributed by atoms with E-state index in [4.69, 9.17) is 23.2 Å². The minimum Gasteiger partial charge on any atom is -0.350 e. The van der Waals surface area contributed by atoms with E-state index in [-0.39, 0.29) is 39.3 Å². The summed E-state index contributed by atoms with van der Waals surface area (Å²) in [6, 6.07) is 4.17. The molecular weight excluding hydrogens is 641 g/mol. The summed E-state index contributed by atoms with van der Waals surface area (Å²) in [7, 11) is 0. The van der Waals surface area contributed by atoms with E-state index in [9.17, 15) is 14.0 Å². The van der Waals surface area contributed by atoms with Crippen molar-refractivity contribution in [2.45, 2.75) is 42.8 Å². The molecule has 13 heteroatoms. The average molecular weight is 676 g/mol. The number of hydrogen-bond donors (Lipinski definition) is 0. The normalized spacial score (nSPS) is 22.7. The first-order valence-electron chi connectivity index (χ1n) is 15.4. The molecule has 2 atom stereocenters. The largest absolute Gasteiger partial charge is 0.350 e. The average Bonchev–Trinajstić information content (AvgIpc) is 3.87. The van der Waals surface area contributed by atoms with Gasteiger partial charge in [-0.2, -0.15) is 4.98 Å². The van der Waals surface area contributed by atoms with Crippen LogP contribution in [0.3, 0.4) is 0 Å². The van der Waals surface area contributed by atoms with Crippen LogP contribution in [0.2, 0.25) is 10.0 Å². The molecule has 1 amide bonds. The van der Waals surface area contributed by atoms with Crippen LogP contribution in [-0.4, -0.2) is 100 Å².